The summed E-state index contributed by atoms with van der Waals surface area (Å²) in [5.74, 6) is 0. The van der Waals surface area contributed by atoms with E-state index in [1.165, 1.54) is 16.7 Å². The third-order valence-corrected chi connectivity index (χ3v) is 7.26. The largest absolute Gasteiger partial charge is 0.569 e. The van der Waals surface area contributed by atoms with Gasteiger partial charge in [-0.1, -0.05) is 91.0 Å². The Morgan fingerprint density at radius 2 is 0.725 bits per heavy atom. The van der Waals surface area contributed by atoms with Gasteiger partial charge in [-0.25, -0.2) is 0 Å². The lowest BCUT2D eigenvalue weighted by molar-refractivity contribution is 0.724. The molecule has 40 heavy (non-hydrogen) atoms. The van der Waals surface area contributed by atoms with Gasteiger partial charge in [0.25, 0.3) is 0 Å². The Bertz CT molecular complexity index is 1500. The zero-order chi connectivity index (χ0) is 27.5. The van der Waals surface area contributed by atoms with Crippen LogP contribution in [0.3, 0.4) is 0 Å². The Hall–Kier alpha value is -4.65. The van der Waals surface area contributed by atoms with Crippen LogP contribution in [0.15, 0.2) is 109 Å². The van der Waals surface area contributed by atoms with E-state index in [0.717, 1.165) is 53.4 Å². The van der Waals surface area contributed by atoms with Crippen LogP contribution < -0.4 is 0 Å². The Morgan fingerprint density at radius 1 is 0.450 bits per heavy atom. The lowest BCUT2D eigenvalue weighted by atomic mass is 9.93. The van der Waals surface area contributed by atoms with Gasteiger partial charge in [-0.15, -0.1) is 0 Å². The van der Waals surface area contributed by atoms with E-state index in [1.807, 2.05) is 18.2 Å². The molecule has 0 bridgehead atoms. The van der Waals surface area contributed by atoms with E-state index in [1.54, 1.807) is 0 Å². The van der Waals surface area contributed by atoms with Crippen LogP contribution in [0.5, 0.6) is 0 Å². The quantitative estimate of drug-likeness (QED) is 0.221. The third-order valence-electron chi connectivity index (χ3n) is 7.26. The molecule has 0 radical (unpaired) electrons. The van der Waals surface area contributed by atoms with Crippen LogP contribution in [0.1, 0.15) is 50.9 Å². The number of aromatic nitrogens is 6. The van der Waals surface area contributed by atoms with Crippen LogP contribution in [0.2, 0.25) is 0 Å². The minimum Gasteiger partial charge on any atom is -0.266 e. The van der Waals surface area contributed by atoms with Gasteiger partial charge in [-0.3, -0.25) is 13.8 Å². The van der Waals surface area contributed by atoms with Crippen molar-refractivity contribution >= 4 is 7.12 Å². The molecule has 3 aromatic carbocycles. The summed E-state index contributed by atoms with van der Waals surface area (Å²) in [5, 5.41) is 15.4. The van der Waals surface area contributed by atoms with E-state index < -0.39 is 0 Å². The van der Waals surface area contributed by atoms with Crippen molar-refractivity contribution in [2.75, 3.05) is 0 Å². The predicted molar refractivity (Wildman–Crippen MR) is 161 cm³/mol. The van der Waals surface area contributed by atoms with Gasteiger partial charge in [-0.05, 0) is 55.7 Å². The summed E-state index contributed by atoms with van der Waals surface area (Å²) in [6, 6.07) is 38.0. The molecule has 6 nitrogen and oxygen atoms in total. The molecular formula is C33H33BN6. The van der Waals surface area contributed by atoms with Gasteiger partial charge in [0.2, 0.25) is 0 Å². The van der Waals surface area contributed by atoms with E-state index in [-0.39, 0.29) is 7.12 Å². The van der Waals surface area contributed by atoms with Crippen molar-refractivity contribution in [2.24, 2.45) is 0 Å². The normalized spacial score (nSPS) is 11.2. The molecule has 0 saturated carbocycles. The summed E-state index contributed by atoms with van der Waals surface area (Å²) in [6.45, 7) is 6.34. The van der Waals surface area contributed by atoms with Crippen LogP contribution in [-0.4, -0.2) is 36.2 Å². The molecule has 6 rings (SSSR count). The van der Waals surface area contributed by atoms with E-state index in [9.17, 15) is 0 Å². The molecule has 0 saturated heterocycles. The summed E-state index contributed by atoms with van der Waals surface area (Å²) >= 11 is 0. The maximum atomic E-state index is 5.12. The van der Waals surface area contributed by atoms with Crippen molar-refractivity contribution in [3.05, 3.63) is 160 Å². The van der Waals surface area contributed by atoms with E-state index in [4.69, 9.17) is 15.3 Å². The minimum atomic E-state index is -0.362. The van der Waals surface area contributed by atoms with Gasteiger partial charge in [0, 0.05) is 36.3 Å². The molecule has 0 unspecified atom stereocenters. The minimum absolute atomic E-state index is 0.362. The lowest BCUT2D eigenvalue weighted by Crippen LogP contribution is -2.45. The zero-order valence-electron chi connectivity index (χ0n) is 23.3. The number of hydrogen-bond acceptors (Lipinski definition) is 3. The van der Waals surface area contributed by atoms with Crippen LogP contribution in [0.25, 0.3) is 0 Å². The Balaban J connectivity index is 1.41. The molecule has 7 heteroatoms. The van der Waals surface area contributed by atoms with Crippen molar-refractivity contribution in [1.82, 2.24) is 29.1 Å². The van der Waals surface area contributed by atoms with Gasteiger partial charge >= 0.3 is 7.12 Å². The van der Waals surface area contributed by atoms with E-state index in [2.05, 4.69) is 126 Å². The Labute approximate surface area is 236 Å². The summed E-state index contributed by atoms with van der Waals surface area (Å²) in [6.07, 6.45) is 2.32. The first-order chi connectivity index (χ1) is 19.5. The van der Waals surface area contributed by atoms with Crippen LogP contribution in [-0.2, 0) is 19.3 Å². The maximum Gasteiger partial charge on any atom is 0.569 e. The van der Waals surface area contributed by atoms with Gasteiger partial charge in [0.15, 0.2) is 0 Å². The van der Waals surface area contributed by atoms with Crippen molar-refractivity contribution in [2.45, 2.75) is 40.0 Å². The standard InChI is InChI=1S/C33H33BN6/c1-25-19-31(22-28-13-7-4-8-14-28)35-38(25)34(39-26(2)20-32(36-39)23-29-15-9-5-10-16-29)40-27(3)21-33(37-40)24-30-17-11-6-12-18-30/h4-21H,22-24H2,1-3H3. The van der Waals surface area contributed by atoms with Crippen molar-refractivity contribution in [3.63, 3.8) is 0 Å². The molecule has 0 atom stereocenters. The molecule has 198 valence electrons. The summed E-state index contributed by atoms with van der Waals surface area (Å²) in [4.78, 5) is 0. The average Bonchev–Trinajstić information content (AvgIpc) is 3.62. The third kappa shape index (κ3) is 5.54. The first-order valence-corrected chi connectivity index (χ1v) is 13.8. The van der Waals surface area contributed by atoms with Gasteiger partial charge in [0.05, 0.1) is 17.1 Å². The van der Waals surface area contributed by atoms with Gasteiger partial charge < -0.3 is 0 Å². The molecule has 0 spiro atoms. The molecule has 3 aromatic heterocycles. The maximum absolute atomic E-state index is 5.12. The summed E-state index contributed by atoms with van der Waals surface area (Å²) in [7, 11) is -0.362. The first kappa shape index (κ1) is 25.6. The zero-order valence-corrected chi connectivity index (χ0v) is 23.3. The topological polar surface area (TPSA) is 53.5 Å². The highest BCUT2D eigenvalue weighted by Crippen LogP contribution is 2.18. The molecule has 0 fully saturated rings. The summed E-state index contributed by atoms with van der Waals surface area (Å²) < 4.78 is 6.20. The summed E-state index contributed by atoms with van der Waals surface area (Å²) in [5.41, 5.74) is 9.99. The van der Waals surface area contributed by atoms with Crippen LogP contribution in [0.4, 0.5) is 0 Å². The second-order valence-corrected chi connectivity index (χ2v) is 10.5. The lowest BCUT2D eigenvalue weighted by Gasteiger charge is -2.18. The first-order valence-electron chi connectivity index (χ1n) is 13.8. The number of rotatable bonds is 9. The second kappa shape index (κ2) is 11.2. The number of benzene rings is 3. The fraction of sp³-hybridized carbons (Fsp3) is 0.182. The average molecular weight is 524 g/mol. The van der Waals surface area contributed by atoms with E-state index in [0.29, 0.717) is 0 Å². The van der Waals surface area contributed by atoms with Crippen molar-refractivity contribution in [3.8, 4) is 0 Å². The van der Waals surface area contributed by atoms with E-state index >= 15 is 0 Å². The highest BCUT2D eigenvalue weighted by atomic mass is 15.5. The molecule has 0 aliphatic rings. The van der Waals surface area contributed by atoms with Gasteiger partial charge in [-0.2, -0.15) is 15.3 Å². The Morgan fingerprint density at radius 3 is 1.00 bits per heavy atom. The highest BCUT2D eigenvalue weighted by molar-refractivity contribution is 6.53. The SMILES string of the molecule is Cc1cc(Cc2ccccc2)nn1B(n1nc(Cc2ccccc2)cc1C)n1nc(Cc2ccccc2)cc1C. The predicted octanol–water partition coefficient (Wildman–Crippen LogP) is 5.90. The Kier molecular flexibility index (Phi) is 7.19. The molecule has 0 amide bonds. The molecule has 0 N–H and O–H groups in total. The molecule has 0 aliphatic carbocycles. The number of aryl methyl sites for hydroxylation is 3. The monoisotopic (exact) mass is 524 g/mol. The fourth-order valence-electron chi connectivity index (χ4n) is 5.35. The number of nitrogens with zero attached hydrogens (tertiary/aromatic N) is 6. The number of hydrogen-bond donors (Lipinski definition) is 0. The molecule has 0 aliphatic heterocycles. The molecule has 3 heterocycles. The second-order valence-electron chi connectivity index (χ2n) is 10.5. The molecular weight excluding hydrogens is 491 g/mol. The van der Waals surface area contributed by atoms with Gasteiger partial charge in [0.1, 0.15) is 0 Å². The molecule has 6 aromatic rings. The van der Waals surface area contributed by atoms with Crippen LogP contribution >= 0.6 is 0 Å². The van der Waals surface area contributed by atoms with Crippen molar-refractivity contribution < 1.29 is 0 Å². The van der Waals surface area contributed by atoms with Crippen molar-refractivity contribution in [1.29, 1.82) is 0 Å². The highest BCUT2D eigenvalue weighted by Gasteiger charge is 2.33. The van der Waals surface area contributed by atoms with Crippen LogP contribution in [0, 0.1) is 20.8 Å². The smallest absolute Gasteiger partial charge is 0.266 e. The fourth-order valence-corrected chi connectivity index (χ4v) is 5.35.